The summed E-state index contributed by atoms with van der Waals surface area (Å²) in [6.45, 7) is 5.56. The van der Waals surface area contributed by atoms with Crippen LogP contribution >= 0.6 is 0 Å². The average molecular weight is 356 g/mol. The van der Waals surface area contributed by atoms with Crippen LogP contribution in [0.1, 0.15) is 41.6 Å². The summed E-state index contributed by atoms with van der Waals surface area (Å²) in [5, 5.41) is 6.55. The molecule has 0 saturated heterocycles. The van der Waals surface area contributed by atoms with Gasteiger partial charge in [0.2, 0.25) is 0 Å². The van der Waals surface area contributed by atoms with E-state index in [1.165, 1.54) is 4.90 Å². The van der Waals surface area contributed by atoms with Crippen molar-refractivity contribution < 1.29 is 4.79 Å². The second-order valence-electron chi connectivity index (χ2n) is 6.40. The monoisotopic (exact) mass is 356 g/mol. The molecular weight excluding hydrogens is 328 g/mol. The highest BCUT2D eigenvalue weighted by Crippen LogP contribution is 2.09. The van der Waals surface area contributed by atoms with Crippen molar-refractivity contribution in [1.29, 1.82) is 0 Å². The predicted octanol–water partition coefficient (Wildman–Crippen LogP) is 2.75. The van der Waals surface area contributed by atoms with Crippen molar-refractivity contribution in [3.8, 4) is 0 Å². The van der Waals surface area contributed by atoms with E-state index in [4.69, 9.17) is 0 Å². The van der Waals surface area contributed by atoms with Crippen LogP contribution in [0.25, 0.3) is 0 Å². The lowest BCUT2D eigenvalue weighted by Crippen LogP contribution is -2.22. The van der Waals surface area contributed by atoms with E-state index >= 15 is 0 Å². The largest absolute Gasteiger partial charge is 0.368 e. The minimum absolute atomic E-state index is 0.0521. The van der Waals surface area contributed by atoms with E-state index in [1.54, 1.807) is 26.4 Å². The van der Waals surface area contributed by atoms with E-state index in [-0.39, 0.29) is 5.91 Å². The molecule has 0 radical (unpaired) electrons. The van der Waals surface area contributed by atoms with Gasteiger partial charge in [-0.15, -0.1) is 0 Å². The van der Waals surface area contributed by atoms with Crippen molar-refractivity contribution in [2.75, 3.05) is 37.8 Å². The van der Waals surface area contributed by atoms with Crippen LogP contribution in [0.15, 0.2) is 24.4 Å². The molecule has 7 heteroatoms. The first-order valence-corrected chi connectivity index (χ1v) is 8.99. The molecule has 0 aliphatic carbocycles. The van der Waals surface area contributed by atoms with Crippen LogP contribution in [0.5, 0.6) is 0 Å². The summed E-state index contributed by atoms with van der Waals surface area (Å²) >= 11 is 0. The summed E-state index contributed by atoms with van der Waals surface area (Å²) in [6.07, 6.45) is 4.73. The molecule has 2 N–H and O–H groups in total. The van der Waals surface area contributed by atoms with Gasteiger partial charge in [0.25, 0.3) is 5.91 Å². The van der Waals surface area contributed by atoms with Gasteiger partial charge in [-0.05, 0) is 25.5 Å². The van der Waals surface area contributed by atoms with Crippen LogP contribution in [0.3, 0.4) is 0 Å². The summed E-state index contributed by atoms with van der Waals surface area (Å²) in [6, 6.07) is 5.54. The van der Waals surface area contributed by atoms with Gasteiger partial charge < -0.3 is 15.5 Å². The third-order valence-corrected chi connectivity index (χ3v) is 3.81. The van der Waals surface area contributed by atoms with Gasteiger partial charge in [-0.1, -0.05) is 13.3 Å². The molecule has 0 spiro atoms. The van der Waals surface area contributed by atoms with Gasteiger partial charge >= 0.3 is 0 Å². The maximum atomic E-state index is 11.8. The lowest BCUT2D eigenvalue weighted by molar-refractivity contribution is 0.0827. The zero-order valence-corrected chi connectivity index (χ0v) is 16.0. The molecule has 2 aromatic rings. The first-order chi connectivity index (χ1) is 12.5. The molecule has 2 aromatic heterocycles. The van der Waals surface area contributed by atoms with E-state index in [0.717, 1.165) is 42.4 Å². The fraction of sp³-hybridized carbons (Fsp3) is 0.474. The van der Waals surface area contributed by atoms with Gasteiger partial charge in [0.05, 0.1) is 5.56 Å². The molecule has 0 saturated carbocycles. The van der Waals surface area contributed by atoms with E-state index in [1.807, 2.05) is 19.1 Å². The molecular formula is C19H28N6O. The highest BCUT2D eigenvalue weighted by Gasteiger charge is 2.08. The standard InChI is InChI=1S/C19H28N6O/c1-5-6-7-17-23-14(2)12-18(24-17)21-11-10-20-16-9-8-15(13-22-16)19(26)25(3)4/h8-9,12-13H,5-7,10-11H2,1-4H3,(H,20,22)(H,21,23,24). The number of aromatic nitrogens is 3. The molecule has 1 amide bonds. The van der Waals surface area contributed by atoms with E-state index in [2.05, 4.69) is 32.5 Å². The van der Waals surface area contributed by atoms with E-state index in [0.29, 0.717) is 18.7 Å². The van der Waals surface area contributed by atoms with Gasteiger partial charge in [0.1, 0.15) is 17.5 Å². The van der Waals surface area contributed by atoms with Gasteiger partial charge in [0.15, 0.2) is 0 Å². The Kier molecular flexibility index (Phi) is 7.32. The zero-order chi connectivity index (χ0) is 18.9. The molecule has 0 unspecified atom stereocenters. The van der Waals surface area contributed by atoms with Gasteiger partial charge in [-0.25, -0.2) is 15.0 Å². The normalized spacial score (nSPS) is 10.5. The first kappa shape index (κ1) is 19.6. The van der Waals surface area contributed by atoms with Crippen LogP contribution in [-0.4, -0.2) is 52.9 Å². The molecule has 26 heavy (non-hydrogen) atoms. The van der Waals surface area contributed by atoms with Crippen LogP contribution < -0.4 is 10.6 Å². The minimum atomic E-state index is -0.0521. The number of carbonyl (C=O) groups excluding carboxylic acids is 1. The molecule has 0 bridgehead atoms. The number of nitrogens with zero attached hydrogens (tertiary/aromatic N) is 4. The average Bonchev–Trinajstić information content (AvgIpc) is 2.63. The minimum Gasteiger partial charge on any atom is -0.368 e. The second-order valence-corrected chi connectivity index (χ2v) is 6.40. The summed E-state index contributed by atoms with van der Waals surface area (Å²) in [4.78, 5) is 26.7. The predicted molar refractivity (Wildman–Crippen MR) is 105 cm³/mol. The summed E-state index contributed by atoms with van der Waals surface area (Å²) in [5.41, 5.74) is 1.55. The lowest BCUT2D eigenvalue weighted by Gasteiger charge is -2.11. The maximum absolute atomic E-state index is 11.8. The quantitative estimate of drug-likeness (QED) is 0.672. The zero-order valence-electron chi connectivity index (χ0n) is 16.0. The first-order valence-electron chi connectivity index (χ1n) is 8.99. The van der Waals surface area contributed by atoms with Crippen molar-refractivity contribution in [3.63, 3.8) is 0 Å². The number of hydrogen-bond donors (Lipinski definition) is 2. The molecule has 0 atom stereocenters. The van der Waals surface area contributed by atoms with Crippen molar-refractivity contribution in [2.24, 2.45) is 0 Å². The number of aryl methyl sites for hydroxylation is 2. The molecule has 140 valence electrons. The molecule has 0 aromatic carbocycles. The Labute approximate surface area is 155 Å². The Morgan fingerprint density at radius 1 is 1.12 bits per heavy atom. The van der Waals surface area contributed by atoms with Crippen LogP contribution in [0.2, 0.25) is 0 Å². The van der Waals surface area contributed by atoms with Gasteiger partial charge in [-0.3, -0.25) is 4.79 Å². The Hall–Kier alpha value is -2.70. The van der Waals surface area contributed by atoms with Crippen molar-refractivity contribution in [1.82, 2.24) is 19.9 Å². The number of nitrogens with one attached hydrogen (secondary N) is 2. The molecule has 0 fully saturated rings. The molecule has 7 nitrogen and oxygen atoms in total. The number of pyridine rings is 1. The molecule has 2 rings (SSSR count). The smallest absolute Gasteiger partial charge is 0.254 e. The summed E-state index contributed by atoms with van der Waals surface area (Å²) in [7, 11) is 3.45. The summed E-state index contributed by atoms with van der Waals surface area (Å²) < 4.78 is 0. The fourth-order valence-electron chi connectivity index (χ4n) is 2.43. The van der Waals surface area contributed by atoms with Crippen molar-refractivity contribution in [2.45, 2.75) is 33.1 Å². The number of hydrogen-bond acceptors (Lipinski definition) is 6. The van der Waals surface area contributed by atoms with Crippen LogP contribution in [0, 0.1) is 6.92 Å². The topological polar surface area (TPSA) is 83.0 Å². The number of rotatable bonds is 9. The molecule has 2 heterocycles. The van der Waals surface area contributed by atoms with Crippen molar-refractivity contribution in [3.05, 3.63) is 41.5 Å². The van der Waals surface area contributed by atoms with Crippen LogP contribution in [0.4, 0.5) is 11.6 Å². The van der Waals surface area contributed by atoms with E-state index in [9.17, 15) is 4.79 Å². The fourth-order valence-corrected chi connectivity index (χ4v) is 2.43. The van der Waals surface area contributed by atoms with Crippen LogP contribution in [-0.2, 0) is 6.42 Å². The highest BCUT2D eigenvalue weighted by molar-refractivity contribution is 5.93. The Morgan fingerprint density at radius 2 is 1.85 bits per heavy atom. The summed E-state index contributed by atoms with van der Waals surface area (Å²) in [5.74, 6) is 2.43. The second kappa shape index (κ2) is 9.70. The SMILES string of the molecule is CCCCc1nc(C)cc(NCCNc2ccc(C(=O)N(C)C)cn2)n1. The van der Waals surface area contributed by atoms with Gasteiger partial charge in [-0.2, -0.15) is 0 Å². The Bertz CT molecular complexity index is 714. The number of unbranched alkanes of at least 4 members (excludes halogenated alkanes) is 1. The van der Waals surface area contributed by atoms with Crippen molar-refractivity contribution >= 4 is 17.5 Å². The highest BCUT2D eigenvalue weighted by atomic mass is 16.2. The number of anilines is 2. The lowest BCUT2D eigenvalue weighted by atomic mass is 10.2. The molecule has 0 aliphatic rings. The maximum Gasteiger partial charge on any atom is 0.254 e. The Balaban J connectivity index is 1.81. The Morgan fingerprint density at radius 3 is 2.46 bits per heavy atom. The van der Waals surface area contributed by atoms with Gasteiger partial charge in [0, 0.05) is 51.6 Å². The molecule has 0 aliphatic heterocycles. The third-order valence-electron chi connectivity index (χ3n) is 3.81. The van der Waals surface area contributed by atoms with E-state index < -0.39 is 0 Å². The number of amides is 1. The third kappa shape index (κ3) is 5.98. The number of carbonyl (C=O) groups is 1.